The lowest BCUT2D eigenvalue weighted by atomic mass is 9.87. The van der Waals surface area contributed by atoms with Crippen molar-refractivity contribution in [3.8, 4) is 5.75 Å². The van der Waals surface area contributed by atoms with Crippen LogP contribution in [0.3, 0.4) is 0 Å². The molecule has 1 aromatic carbocycles. The SMILES string of the molecule is CCC(C)Oc1ccc(C(C)(C)C)cc1. The maximum Gasteiger partial charge on any atom is 0.119 e. The summed E-state index contributed by atoms with van der Waals surface area (Å²) in [6, 6.07) is 8.43. The molecule has 0 aliphatic rings. The van der Waals surface area contributed by atoms with E-state index < -0.39 is 0 Å². The van der Waals surface area contributed by atoms with Gasteiger partial charge in [-0.25, -0.2) is 0 Å². The van der Waals surface area contributed by atoms with E-state index in [-0.39, 0.29) is 5.41 Å². The minimum absolute atomic E-state index is 0.217. The van der Waals surface area contributed by atoms with Gasteiger partial charge in [0, 0.05) is 0 Å². The fraction of sp³-hybridized carbons (Fsp3) is 0.571. The Morgan fingerprint density at radius 3 is 2.07 bits per heavy atom. The third-order valence-electron chi connectivity index (χ3n) is 2.63. The van der Waals surface area contributed by atoms with E-state index in [1.807, 2.05) is 0 Å². The average Bonchev–Trinajstić information content (AvgIpc) is 2.17. The van der Waals surface area contributed by atoms with Crippen LogP contribution >= 0.6 is 0 Å². The Kier molecular flexibility index (Phi) is 3.78. The van der Waals surface area contributed by atoms with Gasteiger partial charge in [-0.05, 0) is 36.5 Å². The van der Waals surface area contributed by atoms with Crippen LogP contribution in [0.15, 0.2) is 24.3 Å². The molecule has 0 fully saturated rings. The molecule has 1 atom stereocenters. The minimum Gasteiger partial charge on any atom is -0.491 e. The number of hydrogen-bond acceptors (Lipinski definition) is 1. The van der Waals surface area contributed by atoms with Gasteiger partial charge in [0.2, 0.25) is 0 Å². The smallest absolute Gasteiger partial charge is 0.119 e. The highest BCUT2D eigenvalue weighted by atomic mass is 16.5. The molecule has 1 aromatic rings. The van der Waals surface area contributed by atoms with Crippen molar-refractivity contribution in [1.82, 2.24) is 0 Å². The molecular formula is C14H22O. The lowest BCUT2D eigenvalue weighted by molar-refractivity contribution is 0.217. The first-order valence-electron chi connectivity index (χ1n) is 5.70. The van der Waals surface area contributed by atoms with E-state index in [9.17, 15) is 0 Å². The monoisotopic (exact) mass is 206 g/mol. The van der Waals surface area contributed by atoms with Crippen LogP contribution in [0.25, 0.3) is 0 Å². The van der Waals surface area contributed by atoms with Crippen molar-refractivity contribution in [2.45, 2.75) is 52.6 Å². The minimum atomic E-state index is 0.217. The molecule has 0 aliphatic carbocycles. The fourth-order valence-corrected chi connectivity index (χ4v) is 1.35. The van der Waals surface area contributed by atoms with Crippen molar-refractivity contribution >= 4 is 0 Å². The van der Waals surface area contributed by atoms with Gasteiger partial charge in [0.15, 0.2) is 0 Å². The number of hydrogen-bond donors (Lipinski definition) is 0. The van der Waals surface area contributed by atoms with Crippen molar-refractivity contribution in [2.75, 3.05) is 0 Å². The molecule has 0 amide bonds. The Bertz CT molecular complexity index is 292. The second kappa shape index (κ2) is 4.69. The molecule has 15 heavy (non-hydrogen) atoms. The lowest BCUT2D eigenvalue weighted by Crippen LogP contribution is -2.12. The summed E-state index contributed by atoms with van der Waals surface area (Å²) in [6.07, 6.45) is 1.34. The molecule has 1 unspecified atom stereocenters. The van der Waals surface area contributed by atoms with E-state index in [1.54, 1.807) is 0 Å². The molecule has 0 N–H and O–H groups in total. The van der Waals surface area contributed by atoms with E-state index in [0.29, 0.717) is 6.10 Å². The van der Waals surface area contributed by atoms with Gasteiger partial charge >= 0.3 is 0 Å². The number of rotatable bonds is 3. The summed E-state index contributed by atoms with van der Waals surface area (Å²) in [7, 11) is 0. The van der Waals surface area contributed by atoms with Crippen LogP contribution in [0.5, 0.6) is 5.75 Å². The summed E-state index contributed by atoms with van der Waals surface area (Å²) in [6.45, 7) is 10.9. The molecule has 0 spiro atoms. The zero-order valence-electron chi connectivity index (χ0n) is 10.5. The molecule has 0 aliphatic heterocycles. The highest BCUT2D eigenvalue weighted by Crippen LogP contribution is 2.24. The molecule has 0 bridgehead atoms. The third-order valence-corrected chi connectivity index (χ3v) is 2.63. The summed E-state index contributed by atoms with van der Waals surface area (Å²) < 4.78 is 5.73. The Hall–Kier alpha value is -0.980. The van der Waals surface area contributed by atoms with Crippen LogP contribution < -0.4 is 4.74 Å². The average molecular weight is 206 g/mol. The molecule has 0 radical (unpaired) electrons. The highest BCUT2D eigenvalue weighted by Gasteiger charge is 2.13. The maximum absolute atomic E-state index is 5.73. The van der Waals surface area contributed by atoms with Crippen LogP contribution in [0, 0.1) is 0 Å². The zero-order chi connectivity index (χ0) is 11.5. The zero-order valence-corrected chi connectivity index (χ0v) is 10.5. The molecular weight excluding hydrogens is 184 g/mol. The molecule has 1 rings (SSSR count). The van der Waals surface area contributed by atoms with E-state index in [2.05, 4.69) is 58.9 Å². The Labute approximate surface area is 93.5 Å². The normalized spacial score (nSPS) is 13.7. The van der Waals surface area contributed by atoms with Crippen LogP contribution in [0.2, 0.25) is 0 Å². The summed E-state index contributed by atoms with van der Waals surface area (Å²) in [5.74, 6) is 0.970. The molecule has 1 heteroatoms. The fourth-order valence-electron chi connectivity index (χ4n) is 1.35. The van der Waals surface area contributed by atoms with Gasteiger partial charge in [-0.1, -0.05) is 39.8 Å². The molecule has 0 heterocycles. The van der Waals surface area contributed by atoms with Crippen molar-refractivity contribution in [3.63, 3.8) is 0 Å². The van der Waals surface area contributed by atoms with Gasteiger partial charge < -0.3 is 4.74 Å². The molecule has 0 saturated carbocycles. The summed E-state index contributed by atoms with van der Waals surface area (Å²) in [5.41, 5.74) is 1.56. The van der Waals surface area contributed by atoms with Crippen molar-refractivity contribution in [1.29, 1.82) is 0 Å². The van der Waals surface area contributed by atoms with Gasteiger partial charge in [-0.2, -0.15) is 0 Å². The Morgan fingerprint density at radius 2 is 1.67 bits per heavy atom. The third kappa shape index (κ3) is 3.58. The Balaban J connectivity index is 2.73. The molecule has 0 aromatic heterocycles. The van der Waals surface area contributed by atoms with Gasteiger partial charge in [-0.3, -0.25) is 0 Å². The van der Waals surface area contributed by atoms with Crippen molar-refractivity contribution in [3.05, 3.63) is 29.8 Å². The number of ether oxygens (including phenoxy) is 1. The highest BCUT2D eigenvalue weighted by molar-refractivity contribution is 5.31. The topological polar surface area (TPSA) is 9.23 Å². The molecule has 0 saturated heterocycles. The maximum atomic E-state index is 5.73. The van der Waals surface area contributed by atoms with E-state index in [0.717, 1.165) is 12.2 Å². The van der Waals surface area contributed by atoms with Gasteiger partial charge in [0.1, 0.15) is 5.75 Å². The summed E-state index contributed by atoms with van der Waals surface area (Å²) >= 11 is 0. The van der Waals surface area contributed by atoms with Crippen molar-refractivity contribution < 1.29 is 4.74 Å². The standard InChI is InChI=1S/C14H22O/c1-6-11(2)15-13-9-7-12(8-10-13)14(3,4)5/h7-11H,6H2,1-5H3. The van der Waals surface area contributed by atoms with Crippen LogP contribution in [-0.2, 0) is 5.41 Å². The molecule has 84 valence electrons. The predicted octanol–water partition coefficient (Wildman–Crippen LogP) is 4.16. The van der Waals surface area contributed by atoms with Gasteiger partial charge in [-0.15, -0.1) is 0 Å². The Morgan fingerprint density at radius 1 is 1.13 bits per heavy atom. The lowest BCUT2D eigenvalue weighted by Gasteiger charge is -2.20. The van der Waals surface area contributed by atoms with Crippen LogP contribution in [0.4, 0.5) is 0 Å². The quantitative estimate of drug-likeness (QED) is 0.721. The summed E-state index contributed by atoms with van der Waals surface area (Å²) in [5, 5.41) is 0. The van der Waals surface area contributed by atoms with Crippen molar-refractivity contribution in [2.24, 2.45) is 0 Å². The van der Waals surface area contributed by atoms with Crippen LogP contribution in [0.1, 0.15) is 46.6 Å². The van der Waals surface area contributed by atoms with E-state index in [1.165, 1.54) is 5.56 Å². The van der Waals surface area contributed by atoms with Crippen LogP contribution in [-0.4, -0.2) is 6.10 Å². The second-order valence-corrected chi connectivity index (χ2v) is 5.11. The molecule has 1 nitrogen and oxygen atoms in total. The first kappa shape index (κ1) is 12.1. The van der Waals surface area contributed by atoms with E-state index >= 15 is 0 Å². The van der Waals surface area contributed by atoms with Gasteiger partial charge in [0.25, 0.3) is 0 Å². The predicted molar refractivity (Wildman–Crippen MR) is 65.5 cm³/mol. The first-order valence-corrected chi connectivity index (χ1v) is 5.70. The summed E-state index contributed by atoms with van der Waals surface area (Å²) in [4.78, 5) is 0. The van der Waals surface area contributed by atoms with E-state index in [4.69, 9.17) is 4.74 Å². The van der Waals surface area contributed by atoms with Gasteiger partial charge in [0.05, 0.1) is 6.10 Å². The largest absolute Gasteiger partial charge is 0.491 e. The second-order valence-electron chi connectivity index (χ2n) is 5.11. The first-order chi connectivity index (χ1) is 6.93. The number of benzene rings is 1.